The standard InChI is InChI=1S/C12H13ClO3/c13-9-4-8(11(14)7-2-1-3-7)5-10-12(9)16-6-15-10/h4-5,7,11,14H,1-3,6H2. The van der Waals surface area contributed by atoms with E-state index < -0.39 is 6.10 Å². The Labute approximate surface area is 98.9 Å². The molecule has 16 heavy (non-hydrogen) atoms. The molecule has 0 aromatic heterocycles. The molecule has 2 aliphatic rings. The van der Waals surface area contributed by atoms with Crippen LogP contribution in [0, 0.1) is 5.92 Å². The first-order valence-electron chi connectivity index (χ1n) is 5.53. The Balaban J connectivity index is 1.92. The van der Waals surface area contributed by atoms with Crippen molar-refractivity contribution >= 4 is 11.6 Å². The van der Waals surface area contributed by atoms with Crippen LogP contribution < -0.4 is 9.47 Å². The minimum absolute atomic E-state index is 0.206. The maximum Gasteiger partial charge on any atom is 0.231 e. The molecule has 1 N–H and O–H groups in total. The number of aliphatic hydroxyl groups excluding tert-OH is 1. The quantitative estimate of drug-likeness (QED) is 0.864. The monoisotopic (exact) mass is 240 g/mol. The van der Waals surface area contributed by atoms with Gasteiger partial charge in [-0.3, -0.25) is 0 Å². The highest BCUT2D eigenvalue weighted by Crippen LogP contribution is 2.44. The molecule has 4 heteroatoms. The fourth-order valence-corrected chi connectivity index (χ4v) is 2.46. The van der Waals surface area contributed by atoms with Gasteiger partial charge in [0.05, 0.1) is 11.1 Å². The van der Waals surface area contributed by atoms with E-state index in [0.717, 1.165) is 18.4 Å². The minimum atomic E-state index is -0.430. The second-order valence-electron chi connectivity index (χ2n) is 4.37. The zero-order valence-corrected chi connectivity index (χ0v) is 9.54. The van der Waals surface area contributed by atoms with Crippen LogP contribution in [-0.4, -0.2) is 11.9 Å². The molecule has 86 valence electrons. The van der Waals surface area contributed by atoms with Gasteiger partial charge in [-0.15, -0.1) is 0 Å². The van der Waals surface area contributed by atoms with E-state index in [1.165, 1.54) is 6.42 Å². The van der Waals surface area contributed by atoms with Crippen LogP contribution in [-0.2, 0) is 0 Å². The van der Waals surface area contributed by atoms with Gasteiger partial charge in [0.15, 0.2) is 11.5 Å². The van der Waals surface area contributed by atoms with E-state index in [-0.39, 0.29) is 6.79 Å². The molecule has 1 saturated carbocycles. The lowest BCUT2D eigenvalue weighted by Gasteiger charge is -2.30. The zero-order chi connectivity index (χ0) is 11.1. The lowest BCUT2D eigenvalue weighted by atomic mass is 9.79. The topological polar surface area (TPSA) is 38.7 Å². The number of hydrogen-bond donors (Lipinski definition) is 1. The summed E-state index contributed by atoms with van der Waals surface area (Å²) in [6.07, 6.45) is 2.96. The van der Waals surface area contributed by atoms with E-state index >= 15 is 0 Å². The molecule has 1 aliphatic carbocycles. The Bertz CT molecular complexity index is 415. The number of fused-ring (bicyclic) bond motifs is 1. The Morgan fingerprint density at radius 1 is 1.31 bits per heavy atom. The Morgan fingerprint density at radius 3 is 2.81 bits per heavy atom. The number of benzene rings is 1. The van der Waals surface area contributed by atoms with E-state index in [1.807, 2.05) is 6.07 Å². The zero-order valence-electron chi connectivity index (χ0n) is 8.78. The summed E-state index contributed by atoms with van der Waals surface area (Å²) in [5.74, 6) is 1.60. The van der Waals surface area contributed by atoms with Gasteiger partial charge >= 0.3 is 0 Å². The first kappa shape index (κ1) is 10.2. The molecule has 1 heterocycles. The predicted octanol–water partition coefficient (Wildman–Crippen LogP) is 2.90. The molecule has 3 rings (SSSR count). The van der Waals surface area contributed by atoms with E-state index in [2.05, 4.69) is 0 Å². The summed E-state index contributed by atoms with van der Waals surface area (Å²) in [6.45, 7) is 0.206. The third kappa shape index (κ3) is 1.55. The largest absolute Gasteiger partial charge is 0.454 e. The van der Waals surface area contributed by atoms with Crippen molar-refractivity contribution in [2.24, 2.45) is 5.92 Å². The molecular weight excluding hydrogens is 228 g/mol. The van der Waals surface area contributed by atoms with Crippen LogP contribution in [0.5, 0.6) is 11.5 Å². The molecule has 1 fully saturated rings. The van der Waals surface area contributed by atoms with Gasteiger partial charge in [-0.05, 0) is 36.5 Å². The van der Waals surface area contributed by atoms with Gasteiger partial charge in [-0.25, -0.2) is 0 Å². The van der Waals surface area contributed by atoms with E-state index in [1.54, 1.807) is 6.07 Å². The van der Waals surface area contributed by atoms with Crippen molar-refractivity contribution in [1.29, 1.82) is 0 Å². The molecule has 0 spiro atoms. The highest BCUT2D eigenvalue weighted by Gasteiger charge is 2.29. The molecule has 3 nitrogen and oxygen atoms in total. The molecule has 1 aromatic carbocycles. The van der Waals surface area contributed by atoms with Crippen molar-refractivity contribution < 1.29 is 14.6 Å². The third-order valence-corrected chi connectivity index (χ3v) is 3.67. The first-order chi connectivity index (χ1) is 7.75. The normalized spacial score (nSPS) is 20.6. The maximum atomic E-state index is 10.1. The summed E-state index contributed by atoms with van der Waals surface area (Å²) in [6, 6.07) is 3.61. The van der Waals surface area contributed by atoms with Crippen LogP contribution in [0.3, 0.4) is 0 Å². The average Bonchev–Trinajstić information content (AvgIpc) is 2.63. The molecule has 0 bridgehead atoms. The summed E-state index contributed by atoms with van der Waals surface area (Å²) < 4.78 is 10.5. The van der Waals surface area contributed by atoms with Crippen molar-refractivity contribution in [3.8, 4) is 11.5 Å². The van der Waals surface area contributed by atoms with Gasteiger partial charge < -0.3 is 14.6 Å². The van der Waals surface area contributed by atoms with Crippen molar-refractivity contribution in [2.45, 2.75) is 25.4 Å². The summed E-state index contributed by atoms with van der Waals surface area (Å²) in [5, 5.41) is 10.7. The molecule has 1 unspecified atom stereocenters. The fraction of sp³-hybridized carbons (Fsp3) is 0.500. The second kappa shape index (κ2) is 3.82. The lowest BCUT2D eigenvalue weighted by Crippen LogP contribution is -2.19. The van der Waals surface area contributed by atoms with Crippen molar-refractivity contribution in [2.75, 3.05) is 6.79 Å². The Morgan fingerprint density at radius 2 is 2.12 bits per heavy atom. The second-order valence-corrected chi connectivity index (χ2v) is 4.78. The summed E-state index contributed by atoms with van der Waals surface area (Å²) >= 11 is 6.07. The van der Waals surface area contributed by atoms with Crippen LogP contribution in [0.2, 0.25) is 5.02 Å². The van der Waals surface area contributed by atoms with E-state index in [4.69, 9.17) is 21.1 Å². The first-order valence-corrected chi connectivity index (χ1v) is 5.90. The molecule has 0 saturated heterocycles. The predicted molar refractivity (Wildman–Crippen MR) is 59.9 cm³/mol. The molecule has 1 atom stereocenters. The molecule has 0 amide bonds. The molecule has 1 aromatic rings. The number of hydrogen-bond acceptors (Lipinski definition) is 3. The number of halogens is 1. The van der Waals surface area contributed by atoms with E-state index in [9.17, 15) is 5.11 Å². The highest BCUT2D eigenvalue weighted by molar-refractivity contribution is 6.32. The van der Waals surface area contributed by atoms with Crippen LogP contribution in [0.25, 0.3) is 0 Å². The van der Waals surface area contributed by atoms with Crippen LogP contribution in [0.1, 0.15) is 30.9 Å². The summed E-state index contributed by atoms with van der Waals surface area (Å²) in [4.78, 5) is 0. The van der Waals surface area contributed by atoms with Crippen LogP contribution >= 0.6 is 11.6 Å². The smallest absolute Gasteiger partial charge is 0.231 e. The molecular formula is C12H13ClO3. The molecule has 0 radical (unpaired) electrons. The third-order valence-electron chi connectivity index (χ3n) is 3.39. The van der Waals surface area contributed by atoms with Gasteiger partial charge in [0.1, 0.15) is 0 Å². The SMILES string of the molecule is OC(c1cc(Cl)c2c(c1)OCO2)C1CCC1. The number of rotatable bonds is 2. The van der Waals surface area contributed by atoms with Crippen molar-refractivity contribution in [3.05, 3.63) is 22.7 Å². The maximum absolute atomic E-state index is 10.1. The lowest BCUT2D eigenvalue weighted by molar-refractivity contribution is 0.0619. The summed E-state index contributed by atoms with van der Waals surface area (Å²) in [7, 11) is 0. The van der Waals surface area contributed by atoms with Crippen molar-refractivity contribution in [1.82, 2.24) is 0 Å². The Kier molecular flexibility index (Phi) is 2.45. The molecule has 1 aliphatic heterocycles. The Hall–Kier alpha value is -0.930. The summed E-state index contributed by atoms with van der Waals surface area (Å²) in [5.41, 5.74) is 0.832. The van der Waals surface area contributed by atoms with E-state index in [0.29, 0.717) is 22.4 Å². The van der Waals surface area contributed by atoms with Crippen LogP contribution in [0.4, 0.5) is 0 Å². The van der Waals surface area contributed by atoms with Crippen LogP contribution in [0.15, 0.2) is 12.1 Å². The van der Waals surface area contributed by atoms with Gasteiger partial charge in [0.25, 0.3) is 0 Å². The average molecular weight is 241 g/mol. The van der Waals surface area contributed by atoms with Gasteiger partial charge in [0.2, 0.25) is 6.79 Å². The van der Waals surface area contributed by atoms with Crippen molar-refractivity contribution in [3.63, 3.8) is 0 Å². The minimum Gasteiger partial charge on any atom is -0.454 e. The number of ether oxygens (including phenoxy) is 2. The number of aliphatic hydroxyl groups is 1. The van der Waals surface area contributed by atoms with Gasteiger partial charge in [-0.1, -0.05) is 18.0 Å². The fourth-order valence-electron chi connectivity index (χ4n) is 2.19. The van der Waals surface area contributed by atoms with Gasteiger partial charge in [-0.2, -0.15) is 0 Å². The van der Waals surface area contributed by atoms with Gasteiger partial charge in [0, 0.05) is 0 Å². The highest BCUT2D eigenvalue weighted by atomic mass is 35.5.